The van der Waals surface area contributed by atoms with Gasteiger partial charge in [-0.1, -0.05) is 12.1 Å². The third-order valence-corrected chi connectivity index (χ3v) is 5.39. The highest BCUT2D eigenvalue weighted by atomic mass is 32.1. The van der Waals surface area contributed by atoms with E-state index in [4.69, 9.17) is 0 Å². The van der Waals surface area contributed by atoms with E-state index in [9.17, 15) is 14.0 Å². The van der Waals surface area contributed by atoms with Crippen molar-refractivity contribution >= 4 is 27.5 Å². The van der Waals surface area contributed by atoms with Crippen molar-refractivity contribution < 1.29 is 9.18 Å². The second-order valence-corrected chi connectivity index (χ2v) is 7.00. The molecule has 0 N–H and O–H groups in total. The van der Waals surface area contributed by atoms with Crippen molar-refractivity contribution in [1.82, 2.24) is 14.5 Å². The number of aromatic nitrogens is 2. The van der Waals surface area contributed by atoms with Crippen molar-refractivity contribution in [3.05, 3.63) is 62.8 Å². The van der Waals surface area contributed by atoms with Crippen LogP contribution in [0.15, 0.2) is 35.4 Å². The number of nitrogens with zero attached hydrogens (tertiary/aromatic N) is 3. The molecule has 0 atom stereocenters. The first-order valence-corrected chi connectivity index (χ1v) is 8.64. The maximum absolute atomic E-state index is 12.9. The molecule has 130 valence electrons. The fourth-order valence-electron chi connectivity index (χ4n) is 2.64. The standard InChI is InChI=1S/C18H18FN3O2S/c1-11-14-16(20-10-22(3)17(14)23)25-15(11)18(24)21(2)9-8-12-4-6-13(19)7-5-12/h4-7,10H,8-9H2,1-3H3. The lowest BCUT2D eigenvalue weighted by Crippen LogP contribution is -2.28. The third kappa shape index (κ3) is 3.32. The average molecular weight is 359 g/mol. The molecule has 0 saturated carbocycles. The summed E-state index contributed by atoms with van der Waals surface area (Å²) in [4.78, 5) is 32.0. The van der Waals surface area contributed by atoms with Gasteiger partial charge in [0.15, 0.2) is 0 Å². The molecule has 0 aliphatic carbocycles. The fraction of sp³-hybridized carbons (Fsp3) is 0.278. The minimum Gasteiger partial charge on any atom is -0.341 e. The minimum absolute atomic E-state index is 0.135. The van der Waals surface area contributed by atoms with Crippen LogP contribution < -0.4 is 5.56 Å². The number of fused-ring (bicyclic) bond motifs is 1. The zero-order valence-corrected chi connectivity index (χ0v) is 15.1. The predicted molar refractivity (Wildman–Crippen MR) is 96.7 cm³/mol. The van der Waals surface area contributed by atoms with Gasteiger partial charge < -0.3 is 9.47 Å². The van der Waals surface area contributed by atoms with E-state index in [0.29, 0.717) is 33.6 Å². The maximum Gasteiger partial charge on any atom is 0.264 e. The smallest absolute Gasteiger partial charge is 0.264 e. The highest BCUT2D eigenvalue weighted by molar-refractivity contribution is 7.20. The number of halogens is 1. The number of likely N-dealkylation sites (N-methyl/N-ethyl adjacent to an activating group) is 1. The number of aryl methyl sites for hydroxylation is 2. The van der Waals surface area contributed by atoms with Crippen molar-refractivity contribution in [3.8, 4) is 0 Å². The molecule has 0 spiro atoms. The Bertz CT molecular complexity index is 992. The van der Waals surface area contributed by atoms with Gasteiger partial charge in [0.1, 0.15) is 10.6 Å². The highest BCUT2D eigenvalue weighted by Gasteiger charge is 2.21. The van der Waals surface area contributed by atoms with Crippen LogP contribution in [0, 0.1) is 12.7 Å². The van der Waals surface area contributed by atoms with Gasteiger partial charge >= 0.3 is 0 Å². The molecule has 0 fully saturated rings. The Balaban J connectivity index is 1.81. The Morgan fingerprint density at radius 2 is 2.00 bits per heavy atom. The monoisotopic (exact) mass is 359 g/mol. The molecule has 3 rings (SSSR count). The summed E-state index contributed by atoms with van der Waals surface area (Å²) in [5, 5.41) is 0.505. The molecule has 0 aliphatic heterocycles. The van der Waals surface area contributed by atoms with Gasteiger partial charge in [0.25, 0.3) is 11.5 Å². The fourth-order valence-corrected chi connectivity index (χ4v) is 3.77. The van der Waals surface area contributed by atoms with Crippen LogP contribution in [-0.2, 0) is 13.5 Å². The molecule has 0 aliphatic rings. The number of carbonyl (C=O) groups is 1. The lowest BCUT2D eigenvalue weighted by atomic mass is 10.1. The first-order valence-electron chi connectivity index (χ1n) is 7.83. The van der Waals surface area contributed by atoms with Crippen LogP contribution in [0.25, 0.3) is 10.2 Å². The van der Waals surface area contributed by atoms with Gasteiger partial charge in [0, 0.05) is 20.6 Å². The van der Waals surface area contributed by atoms with Gasteiger partial charge in [-0.3, -0.25) is 9.59 Å². The number of rotatable bonds is 4. The van der Waals surface area contributed by atoms with Gasteiger partial charge in [-0.2, -0.15) is 0 Å². The lowest BCUT2D eigenvalue weighted by molar-refractivity contribution is 0.0801. The SMILES string of the molecule is Cc1c(C(=O)N(C)CCc2ccc(F)cc2)sc2ncn(C)c(=O)c12. The maximum atomic E-state index is 12.9. The zero-order chi connectivity index (χ0) is 18.1. The van der Waals surface area contributed by atoms with Crippen molar-refractivity contribution in [2.75, 3.05) is 13.6 Å². The number of hydrogen-bond acceptors (Lipinski definition) is 4. The number of benzene rings is 1. The van der Waals surface area contributed by atoms with Crippen LogP contribution in [0.3, 0.4) is 0 Å². The van der Waals surface area contributed by atoms with Gasteiger partial charge in [-0.15, -0.1) is 11.3 Å². The first kappa shape index (κ1) is 17.3. The Hall–Kier alpha value is -2.54. The molecular weight excluding hydrogens is 341 g/mol. The second kappa shape index (κ2) is 6.76. The Morgan fingerprint density at radius 3 is 2.68 bits per heavy atom. The number of amides is 1. The number of hydrogen-bond donors (Lipinski definition) is 0. The second-order valence-electron chi connectivity index (χ2n) is 6.00. The molecule has 0 unspecified atom stereocenters. The van der Waals surface area contributed by atoms with Crippen LogP contribution in [0.4, 0.5) is 4.39 Å². The van der Waals surface area contributed by atoms with E-state index in [1.54, 1.807) is 38.1 Å². The molecule has 0 bridgehead atoms. The number of carbonyl (C=O) groups excluding carboxylic acids is 1. The van der Waals surface area contributed by atoms with Crippen LogP contribution in [0.5, 0.6) is 0 Å². The zero-order valence-electron chi connectivity index (χ0n) is 14.2. The quantitative estimate of drug-likeness (QED) is 0.720. The van der Waals surface area contributed by atoms with Gasteiger partial charge in [-0.05, 0) is 36.6 Å². The molecular formula is C18H18FN3O2S. The van der Waals surface area contributed by atoms with Crippen LogP contribution >= 0.6 is 11.3 Å². The molecule has 7 heteroatoms. The Labute approximate surface area is 148 Å². The van der Waals surface area contributed by atoms with Gasteiger partial charge in [-0.25, -0.2) is 9.37 Å². The van der Waals surface area contributed by atoms with E-state index in [1.807, 2.05) is 0 Å². The molecule has 1 aromatic carbocycles. The largest absolute Gasteiger partial charge is 0.341 e. The Morgan fingerprint density at radius 1 is 1.32 bits per heavy atom. The van der Waals surface area contributed by atoms with E-state index in [2.05, 4.69) is 4.98 Å². The van der Waals surface area contributed by atoms with Crippen molar-refractivity contribution in [2.45, 2.75) is 13.3 Å². The van der Waals surface area contributed by atoms with Crippen LogP contribution in [0.2, 0.25) is 0 Å². The van der Waals surface area contributed by atoms with Crippen LogP contribution in [-0.4, -0.2) is 34.0 Å². The highest BCUT2D eigenvalue weighted by Crippen LogP contribution is 2.27. The van der Waals surface area contributed by atoms with Gasteiger partial charge in [0.2, 0.25) is 0 Å². The molecule has 2 heterocycles. The number of thiophene rings is 1. The first-order chi connectivity index (χ1) is 11.9. The van der Waals surface area contributed by atoms with E-state index < -0.39 is 0 Å². The Kier molecular flexibility index (Phi) is 4.67. The summed E-state index contributed by atoms with van der Waals surface area (Å²) in [6.45, 7) is 2.28. The van der Waals surface area contributed by atoms with E-state index >= 15 is 0 Å². The summed E-state index contributed by atoms with van der Waals surface area (Å²) < 4.78 is 14.4. The predicted octanol–water partition coefficient (Wildman–Crippen LogP) is 2.76. The van der Waals surface area contributed by atoms with Crippen molar-refractivity contribution in [2.24, 2.45) is 7.05 Å². The topological polar surface area (TPSA) is 55.2 Å². The molecule has 2 aromatic heterocycles. The summed E-state index contributed by atoms with van der Waals surface area (Å²) in [5.74, 6) is -0.409. The molecule has 25 heavy (non-hydrogen) atoms. The summed E-state index contributed by atoms with van der Waals surface area (Å²) in [7, 11) is 3.36. The molecule has 0 saturated heterocycles. The molecule has 1 amide bonds. The average Bonchev–Trinajstić information content (AvgIpc) is 2.94. The normalized spacial score (nSPS) is 11.0. The van der Waals surface area contributed by atoms with Gasteiger partial charge in [0.05, 0.1) is 16.6 Å². The molecule has 0 radical (unpaired) electrons. The summed E-state index contributed by atoms with van der Waals surface area (Å²) >= 11 is 1.24. The molecule has 3 aromatic rings. The lowest BCUT2D eigenvalue weighted by Gasteiger charge is -2.16. The minimum atomic E-state index is -0.275. The summed E-state index contributed by atoms with van der Waals surface area (Å²) in [5.41, 5.74) is 1.49. The molecule has 5 nitrogen and oxygen atoms in total. The third-order valence-electron chi connectivity index (χ3n) is 4.20. The van der Waals surface area contributed by atoms with E-state index in [0.717, 1.165) is 5.56 Å². The van der Waals surface area contributed by atoms with E-state index in [1.165, 1.54) is 34.4 Å². The summed E-state index contributed by atoms with van der Waals surface area (Å²) in [6.07, 6.45) is 2.10. The van der Waals surface area contributed by atoms with Crippen molar-refractivity contribution in [3.63, 3.8) is 0 Å². The summed E-state index contributed by atoms with van der Waals surface area (Å²) in [6, 6.07) is 6.25. The van der Waals surface area contributed by atoms with Crippen LogP contribution in [0.1, 0.15) is 20.8 Å². The van der Waals surface area contributed by atoms with Crippen molar-refractivity contribution in [1.29, 1.82) is 0 Å². The van der Waals surface area contributed by atoms with E-state index in [-0.39, 0.29) is 17.3 Å².